The lowest BCUT2D eigenvalue weighted by Gasteiger charge is -2.25. The molecule has 23 heavy (non-hydrogen) atoms. The zero-order valence-electron chi connectivity index (χ0n) is 13.2. The number of fused-ring (bicyclic) bond motifs is 1. The van der Waals surface area contributed by atoms with Crippen LogP contribution in [0.4, 0.5) is 0 Å². The van der Waals surface area contributed by atoms with Crippen LogP contribution in [-0.2, 0) is 6.54 Å². The van der Waals surface area contributed by atoms with Gasteiger partial charge in [0.1, 0.15) is 0 Å². The Labute approximate surface area is 134 Å². The minimum atomic E-state index is 0.118. The van der Waals surface area contributed by atoms with E-state index in [1.807, 2.05) is 59.4 Å². The van der Waals surface area contributed by atoms with E-state index in [9.17, 15) is 4.79 Å². The predicted octanol–water partition coefficient (Wildman–Crippen LogP) is 2.98. The van der Waals surface area contributed by atoms with Crippen LogP contribution in [-0.4, -0.2) is 38.2 Å². The lowest BCUT2D eigenvalue weighted by Crippen LogP contribution is -2.38. The van der Waals surface area contributed by atoms with Gasteiger partial charge in [-0.25, -0.2) is 0 Å². The van der Waals surface area contributed by atoms with E-state index in [0.29, 0.717) is 0 Å². The van der Waals surface area contributed by atoms with E-state index in [2.05, 4.69) is 10.1 Å². The lowest BCUT2D eigenvalue weighted by molar-refractivity contribution is 0.0722. The quantitative estimate of drug-likeness (QED) is 0.808. The molecule has 1 fully saturated rings. The summed E-state index contributed by atoms with van der Waals surface area (Å²) in [7, 11) is 0. The monoisotopic (exact) mass is 308 g/mol. The van der Waals surface area contributed by atoms with Gasteiger partial charge < -0.3 is 9.88 Å². The Morgan fingerprint density at radius 3 is 3.13 bits per heavy atom. The van der Waals surface area contributed by atoms with Crippen molar-refractivity contribution in [3.05, 3.63) is 54.0 Å². The van der Waals surface area contributed by atoms with Gasteiger partial charge in [-0.1, -0.05) is 6.07 Å². The molecule has 5 heteroatoms. The van der Waals surface area contributed by atoms with Gasteiger partial charge >= 0.3 is 0 Å². The van der Waals surface area contributed by atoms with Gasteiger partial charge in [-0.2, -0.15) is 5.10 Å². The second-order valence-corrected chi connectivity index (χ2v) is 6.31. The number of rotatable bonds is 3. The first-order valence-electron chi connectivity index (χ1n) is 8.08. The van der Waals surface area contributed by atoms with Crippen molar-refractivity contribution in [1.29, 1.82) is 0 Å². The number of likely N-dealkylation sites (tertiary alicyclic amines) is 1. The molecule has 1 saturated heterocycles. The van der Waals surface area contributed by atoms with Gasteiger partial charge in [-0.05, 0) is 48.9 Å². The molecule has 1 aromatic carbocycles. The summed E-state index contributed by atoms with van der Waals surface area (Å²) in [6, 6.07) is 8.11. The summed E-state index contributed by atoms with van der Waals surface area (Å²) < 4.78 is 1.94. The van der Waals surface area contributed by atoms with E-state index in [1.165, 1.54) is 0 Å². The fraction of sp³-hybridized carbons (Fsp3) is 0.333. The minimum absolute atomic E-state index is 0.118. The Balaban J connectivity index is 1.56. The summed E-state index contributed by atoms with van der Waals surface area (Å²) in [5, 5.41) is 5.48. The average molecular weight is 308 g/mol. The predicted molar refractivity (Wildman–Crippen MR) is 89.3 cm³/mol. The van der Waals surface area contributed by atoms with Crippen molar-refractivity contribution in [2.24, 2.45) is 0 Å². The number of nitrogens with zero attached hydrogens (tertiary/aromatic N) is 3. The van der Waals surface area contributed by atoms with Crippen molar-refractivity contribution in [1.82, 2.24) is 19.7 Å². The molecule has 3 aromatic rings. The van der Waals surface area contributed by atoms with Crippen LogP contribution in [0.15, 0.2) is 42.9 Å². The van der Waals surface area contributed by atoms with Crippen LogP contribution < -0.4 is 0 Å². The third-order valence-corrected chi connectivity index (χ3v) is 4.60. The van der Waals surface area contributed by atoms with Crippen LogP contribution >= 0.6 is 0 Å². The first kappa shape index (κ1) is 14.1. The molecular formula is C18H20N4O. The van der Waals surface area contributed by atoms with Gasteiger partial charge in [0.25, 0.3) is 5.91 Å². The molecule has 0 unspecified atom stereocenters. The third-order valence-electron chi connectivity index (χ3n) is 4.60. The molecule has 0 aliphatic carbocycles. The normalized spacial score (nSPS) is 18.0. The number of hydrogen-bond donors (Lipinski definition) is 1. The summed E-state index contributed by atoms with van der Waals surface area (Å²) in [6.45, 7) is 3.63. The van der Waals surface area contributed by atoms with Gasteiger partial charge in [0.15, 0.2) is 0 Å². The van der Waals surface area contributed by atoms with Gasteiger partial charge in [0.2, 0.25) is 0 Å². The third kappa shape index (κ3) is 2.63. The van der Waals surface area contributed by atoms with Crippen LogP contribution in [0.1, 0.15) is 28.8 Å². The molecule has 3 heterocycles. The first-order chi connectivity index (χ1) is 11.2. The Morgan fingerprint density at radius 1 is 1.39 bits per heavy atom. The van der Waals surface area contributed by atoms with Crippen LogP contribution in [0.25, 0.3) is 10.9 Å². The maximum atomic E-state index is 12.9. The van der Waals surface area contributed by atoms with Crippen molar-refractivity contribution < 1.29 is 4.79 Å². The summed E-state index contributed by atoms with van der Waals surface area (Å²) in [5.41, 5.74) is 2.91. The number of aryl methyl sites for hydroxylation is 1. The number of aromatic amines is 1. The van der Waals surface area contributed by atoms with Gasteiger partial charge in [0.05, 0.1) is 18.8 Å². The molecule has 0 saturated carbocycles. The average Bonchev–Trinajstić information content (AvgIpc) is 3.27. The van der Waals surface area contributed by atoms with Gasteiger partial charge in [-0.15, -0.1) is 0 Å². The Kier molecular flexibility index (Phi) is 3.41. The maximum Gasteiger partial charge on any atom is 0.254 e. The highest BCUT2D eigenvalue weighted by atomic mass is 16.2. The molecule has 1 aliphatic heterocycles. The fourth-order valence-electron chi connectivity index (χ4n) is 3.42. The summed E-state index contributed by atoms with van der Waals surface area (Å²) >= 11 is 0. The summed E-state index contributed by atoms with van der Waals surface area (Å²) in [6.07, 6.45) is 7.89. The van der Waals surface area contributed by atoms with E-state index in [-0.39, 0.29) is 11.9 Å². The highest BCUT2D eigenvalue weighted by Gasteiger charge is 2.29. The second-order valence-electron chi connectivity index (χ2n) is 6.31. The van der Waals surface area contributed by atoms with E-state index in [1.54, 1.807) is 0 Å². The molecule has 1 amide bonds. The van der Waals surface area contributed by atoms with Crippen molar-refractivity contribution >= 4 is 16.8 Å². The minimum Gasteiger partial charge on any atom is -0.361 e. The molecule has 1 aliphatic rings. The van der Waals surface area contributed by atoms with Crippen LogP contribution in [0.5, 0.6) is 0 Å². The highest BCUT2D eigenvalue weighted by molar-refractivity contribution is 5.98. The number of benzene rings is 1. The number of amides is 1. The number of aromatic nitrogens is 3. The number of nitrogens with one attached hydrogen (secondary N) is 1. The van der Waals surface area contributed by atoms with Crippen LogP contribution in [0, 0.1) is 6.92 Å². The van der Waals surface area contributed by atoms with Crippen LogP contribution in [0.2, 0.25) is 0 Å². The molecule has 0 radical (unpaired) electrons. The lowest BCUT2D eigenvalue weighted by atomic mass is 10.1. The smallest absolute Gasteiger partial charge is 0.254 e. The number of H-pyrrole nitrogens is 1. The number of carbonyl (C=O) groups excluding carboxylic acids is 1. The Bertz CT molecular complexity index is 847. The van der Waals surface area contributed by atoms with E-state index in [0.717, 1.165) is 48.0 Å². The molecule has 5 nitrogen and oxygen atoms in total. The topological polar surface area (TPSA) is 53.9 Å². The molecule has 1 atom stereocenters. The highest BCUT2D eigenvalue weighted by Crippen LogP contribution is 2.23. The van der Waals surface area contributed by atoms with Gasteiger partial charge in [0, 0.05) is 30.0 Å². The Hall–Kier alpha value is -2.56. The summed E-state index contributed by atoms with van der Waals surface area (Å²) in [5.74, 6) is 0.118. The maximum absolute atomic E-state index is 12.9. The van der Waals surface area contributed by atoms with Crippen molar-refractivity contribution in [2.75, 3.05) is 6.54 Å². The Morgan fingerprint density at radius 2 is 2.30 bits per heavy atom. The van der Waals surface area contributed by atoms with Crippen molar-refractivity contribution in [3.8, 4) is 0 Å². The van der Waals surface area contributed by atoms with Gasteiger partial charge in [-0.3, -0.25) is 9.48 Å². The van der Waals surface area contributed by atoms with E-state index >= 15 is 0 Å². The van der Waals surface area contributed by atoms with E-state index in [4.69, 9.17) is 0 Å². The SMILES string of the molecule is Cc1cnn(C[C@H]2CCCN2C(=O)c2ccc3cc[nH]c3c2)c1. The standard InChI is InChI=1S/C18H20N4O/c1-13-10-20-21(11-13)12-16-3-2-8-22(16)18(23)15-5-4-14-6-7-19-17(14)9-15/h4-7,9-11,16,19H,2-3,8,12H2,1H3/t16-/m1/s1. The van der Waals surface area contributed by atoms with Crippen molar-refractivity contribution in [2.45, 2.75) is 32.4 Å². The second kappa shape index (κ2) is 5.57. The number of carbonyl (C=O) groups is 1. The molecular weight excluding hydrogens is 288 g/mol. The zero-order valence-corrected chi connectivity index (χ0v) is 13.2. The fourth-order valence-corrected chi connectivity index (χ4v) is 3.42. The molecule has 4 rings (SSSR count). The zero-order chi connectivity index (χ0) is 15.8. The summed E-state index contributed by atoms with van der Waals surface area (Å²) in [4.78, 5) is 18.1. The molecule has 0 bridgehead atoms. The largest absolute Gasteiger partial charge is 0.361 e. The molecule has 118 valence electrons. The van der Waals surface area contributed by atoms with E-state index < -0.39 is 0 Å². The first-order valence-corrected chi connectivity index (χ1v) is 8.08. The van der Waals surface area contributed by atoms with Crippen molar-refractivity contribution in [3.63, 3.8) is 0 Å². The van der Waals surface area contributed by atoms with Crippen LogP contribution in [0.3, 0.4) is 0 Å². The molecule has 0 spiro atoms. The molecule has 1 N–H and O–H groups in total. The molecule has 2 aromatic heterocycles. The number of hydrogen-bond acceptors (Lipinski definition) is 2.